The molecule has 2 aromatic rings. The summed E-state index contributed by atoms with van der Waals surface area (Å²) < 4.78 is 23.3. The Bertz CT molecular complexity index is 552. The van der Waals surface area contributed by atoms with E-state index in [1.807, 2.05) is 12.1 Å². The molecule has 20 heavy (non-hydrogen) atoms. The molecule has 0 spiro atoms. The van der Waals surface area contributed by atoms with Gasteiger partial charge in [0.25, 0.3) is 0 Å². The fourth-order valence-electron chi connectivity index (χ4n) is 1.95. The number of ether oxygens (including phenoxy) is 2. The van der Waals surface area contributed by atoms with E-state index in [2.05, 4.69) is 0 Å². The Kier molecular flexibility index (Phi) is 5.09. The SMILES string of the molecule is COCOc1ccc(CO)cc1Cc1ccc(F)cc1. The minimum atomic E-state index is -0.256. The van der Waals surface area contributed by atoms with Crippen molar-refractivity contribution in [3.63, 3.8) is 0 Å². The summed E-state index contributed by atoms with van der Waals surface area (Å²) in [5.41, 5.74) is 2.72. The van der Waals surface area contributed by atoms with Gasteiger partial charge in [0.1, 0.15) is 11.6 Å². The van der Waals surface area contributed by atoms with Crippen LogP contribution in [-0.4, -0.2) is 19.0 Å². The minimum absolute atomic E-state index is 0.0268. The van der Waals surface area contributed by atoms with E-state index in [1.54, 1.807) is 25.3 Å². The third-order valence-corrected chi connectivity index (χ3v) is 2.95. The zero-order chi connectivity index (χ0) is 14.4. The molecule has 0 saturated carbocycles. The maximum Gasteiger partial charge on any atom is 0.188 e. The summed E-state index contributed by atoms with van der Waals surface area (Å²) in [6, 6.07) is 11.8. The zero-order valence-electron chi connectivity index (χ0n) is 11.3. The second-order valence-electron chi connectivity index (χ2n) is 4.45. The van der Waals surface area contributed by atoms with Crippen molar-refractivity contribution >= 4 is 0 Å². The van der Waals surface area contributed by atoms with Crippen molar-refractivity contribution in [2.75, 3.05) is 13.9 Å². The van der Waals surface area contributed by atoms with Crippen molar-refractivity contribution in [3.8, 4) is 5.75 Å². The number of aliphatic hydroxyl groups is 1. The predicted molar refractivity (Wildman–Crippen MR) is 74.1 cm³/mol. The van der Waals surface area contributed by atoms with Crippen LogP contribution in [0.2, 0.25) is 0 Å². The van der Waals surface area contributed by atoms with Crippen molar-refractivity contribution in [1.29, 1.82) is 0 Å². The molecule has 1 N–H and O–H groups in total. The molecule has 106 valence electrons. The van der Waals surface area contributed by atoms with Gasteiger partial charge in [0.2, 0.25) is 0 Å². The number of hydrogen-bond acceptors (Lipinski definition) is 3. The van der Waals surface area contributed by atoms with Crippen LogP contribution in [0.3, 0.4) is 0 Å². The molecule has 4 heteroatoms. The highest BCUT2D eigenvalue weighted by atomic mass is 19.1. The molecule has 0 aliphatic rings. The summed E-state index contributed by atoms with van der Waals surface area (Å²) in [6.45, 7) is 0.135. The topological polar surface area (TPSA) is 38.7 Å². The van der Waals surface area contributed by atoms with Crippen molar-refractivity contribution in [3.05, 3.63) is 65.0 Å². The Balaban J connectivity index is 2.24. The van der Waals surface area contributed by atoms with Crippen LogP contribution in [0.1, 0.15) is 16.7 Å². The van der Waals surface area contributed by atoms with Crippen LogP contribution < -0.4 is 4.74 Å². The van der Waals surface area contributed by atoms with Crippen molar-refractivity contribution in [2.24, 2.45) is 0 Å². The number of halogens is 1. The summed E-state index contributed by atoms with van der Waals surface area (Å²) in [5.74, 6) is 0.446. The van der Waals surface area contributed by atoms with Crippen LogP contribution in [0.5, 0.6) is 5.75 Å². The highest BCUT2D eigenvalue weighted by Crippen LogP contribution is 2.23. The molecule has 2 rings (SSSR count). The Morgan fingerprint density at radius 2 is 1.75 bits per heavy atom. The molecule has 0 amide bonds. The van der Waals surface area contributed by atoms with Gasteiger partial charge < -0.3 is 14.6 Å². The molecule has 0 saturated heterocycles. The van der Waals surface area contributed by atoms with Crippen molar-refractivity contribution in [2.45, 2.75) is 13.0 Å². The van der Waals surface area contributed by atoms with E-state index in [9.17, 15) is 9.50 Å². The third-order valence-electron chi connectivity index (χ3n) is 2.95. The van der Waals surface area contributed by atoms with Gasteiger partial charge in [-0.05, 0) is 41.0 Å². The maximum absolute atomic E-state index is 12.9. The highest BCUT2D eigenvalue weighted by Gasteiger charge is 2.07. The molecule has 0 aromatic heterocycles. The third kappa shape index (κ3) is 3.79. The summed E-state index contributed by atoms with van der Waals surface area (Å²) in [5, 5.41) is 9.22. The predicted octanol–water partition coefficient (Wildman–Crippen LogP) is 2.89. The number of aliphatic hydroxyl groups excluding tert-OH is 1. The number of rotatable bonds is 6. The molecule has 0 unspecified atom stereocenters. The van der Waals surface area contributed by atoms with Crippen LogP contribution in [0.25, 0.3) is 0 Å². The molecule has 2 aromatic carbocycles. The average Bonchev–Trinajstić information content (AvgIpc) is 2.48. The molecule has 0 aliphatic carbocycles. The molecule has 0 bridgehead atoms. The molecular weight excluding hydrogens is 259 g/mol. The summed E-state index contributed by atoms with van der Waals surface area (Å²) in [6.07, 6.45) is 0.604. The first-order chi connectivity index (χ1) is 9.72. The molecular formula is C16H17FO3. The Morgan fingerprint density at radius 1 is 1.05 bits per heavy atom. The van der Waals surface area contributed by atoms with E-state index >= 15 is 0 Å². The van der Waals surface area contributed by atoms with Gasteiger partial charge in [0.05, 0.1) is 6.61 Å². The number of hydrogen-bond donors (Lipinski definition) is 1. The van der Waals surface area contributed by atoms with Gasteiger partial charge in [0.15, 0.2) is 6.79 Å². The van der Waals surface area contributed by atoms with Crippen LogP contribution in [-0.2, 0) is 17.8 Å². The smallest absolute Gasteiger partial charge is 0.188 e. The first-order valence-electron chi connectivity index (χ1n) is 6.31. The van der Waals surface area contributed by atoms with Gasteiger partial charge in [-0.25, -0.2) is 4.39 Å². The fourth-order valence-corrected chi connectivity index (χ4v) is 1.95. The highest BCUT2D eigenvalue weighted by molar-refractivity contribution is 5.40. The lowest BCUT2D eigenvalue weighted by atomic mass is 10.0. The summed E-state index contributed by atoms with van der Waals surface area (Å²) in [7, 11) is 1.56. The van der Waals surface area contributed by atoms with Crippen LogP contribution in [0.15, 0.2) is 42.5 Å². The normalized spacial score (nSPS) is 10.6. The quantitative estimate of drug-likeness (QED) is 0.824. The number of methoxy groups -OCH3 is 1. The summed E-state index contributed by atoms with van der Waals surface area (Å²) >= 11 is 0. The zero-order valence-corrected chi connectivity index (χ0v) is 11.3. The Morgan fingerprint density at radius 3 is 2.40 bits per heavy atom. The van der Waals surface area contributed by atoms with E-state index < -0.39 is 0 Å². The van der Waals surface area contributed by atoms with Gasteiger partial charge in [-0.3, -0.25) is 0 Å². The van der Waals surface area contributed by atoms with Crippen molar-refractivity contribution in [1.82, 2.24) is 0 Å². The molecule has 0 aliphatic heterocycles. The molecule has 0 atom stereocenters. The van der Waals surface area contributed by atoms with Gasteiger partial charge >= 0.3 is 0 Å². The summed E-state index contributed by atoms with van der Waals surface area (Å²) in [4.78, 5) is 0. The monoisotopic (exact) mass is 276 g/mol. The second kappa shape index (κ2) is 7.03. The standard InChI is InChI=1S/C16H17FO3/c1-19-11-20-16-7-4-13(10-18)9-14(16)8-12-2-5-15(17)6-3-12/h2-7,9,18H,8,10-11H2,1H3. The van der Waals surface area contributed by atoms with Gasteiger partial charge in [-0.15, -0.1) is 0 Å². The fraction of sp³-hybridized carbons (Fsp3) is 0.250. The average molecular weight is 276 g/mol. The van der Waals surface area contributed by atoms with Gasteiger partial charge in [-0.1, -0.05) is 18.2 Å². The second-order valence-corrected chi connectivity index (χ2v) is 4.45. The Labute approximate surface area is 117 Å². The lowest BCUT2D eigenvalue weighted by Gasteiger charge is -2.12. The van der Waals surface area contributed by atoms with E-state index in [0.717, 1.165) is 16.7 Å². The lowest BCUT2D eigenvalue weighted by molar-refractivity contribution is 0.0505. The van der Waals surface area contributed by atoms with Gasteiger partial charge in [-0.2, -0.15) is 0 Å². The lowest BCUT2D eigenvalue weighted by Crippen LogP contribution is -2.03. The first-order valence-corrected chi connectivity index (χ1v) is 6.31. The molecule has 0 fully saturated rings. The first kappa shape index (κ1) is 14.5. The molecule has 3 nitrogen and oxygen atoms in total. The van der Waals surface area contributed by atoms with E-state index in [1.165, 1.54) is 12.1 Å². The van der Waals surface area contributed by atoms with E-state index in [4.69, 9.17) is 9.47 Å². The Hall–Kier alpha value is -1.91. The maximum atomic E-state index is 12.9. The van der Waals surface area contributed by atoms with E-state index in [0.29, 0.717) is 12.2 Å². The molecule has 0 radical (unpaired) electrons. The van der Waals surface area contributed by atoms with E-state index in [-0.39, 0.29) is 19.2 Å². The van der Waals surface area contributed by atoms with Crippen LogP contribution >= 0.6 is 0 Å². The van der Waals surface area contributed by atoms with Crippen molar-refractivity contribution < 1.29 is 19.0 Å². The van der Waals surface area contributed by atoms with Crippen LogP contribution in [0, 0.1) is 5.82 Å². The van der Waals surface area contributed by atoms with Crippen LogP contribution in [0.4, 0.5) is 4.39 Å². The molecule has 0 heterocycles. The largest absolute Gasteiger partial charge is 0.467 e. The minimum Gasteiger partial charge on any atom is -0.467 e. The van der Waals surface area contributed by atoms with Gasteiger partial charge in [0, 0.05) is 13.5 Å². The number of benzene rings is 2.